The van der Waals surface area contributed by atoms with E-state index in [0.717, 1.165) is 24.2 Å². The fourth-order valence-electron chi connectivity index (χ4n) is 2.11. The zero-order chi connectivity index (χ0) is 14.4. The standard InChI is InChI=1S/C18H23NO/c1-3-17(19)11-16-10-9-14(2)18(12-16)20-13-15-7-5-4-6-8-15/h4-10,12,17H,3,11,13,19H2,1-2H3/t17-/m0/s1. The molecule has 0 bridgehead atoms. The van der Waals surface area contributed by atoms with Crippen LogP contribution >= 0.6 is 0 Å². The largest absolute Gasteiger partial charge is 0.489 e. The summed E-state index contributed by atoms with van der Waals surface area (Å²) in [7, 11) is 0. The van der Waals surface area contributed by atoms with Gasteiger partial charge in [0.25, 0.3) is 0 Å². The Balaban J connectivity index is 2.05. The van der Waals surface area contributed by atoms with Gasteiger partial charge in [-0.2, -0.15) is 0 Å². The van der Waals surface area contributed by atoms with Crippen molar-refractivity contribution in [3.8, 4) is 5.75 Å². The third-order valence-electron chi connectivity index (χ3n) is 3.51. The highest BCUT2D eigenvalue weighted by Crippen LogP contribution is 2.21. The van der Waals surface area contributed by atoms with Crippen molar-refractivity contribution in [1.29, 1.82) is 0 Å². The minimum absolute atomic E-state index is 0.222. The first kappa shape index (κ1) is 14.6. The van der Waals surface area contributed by atoms with Crippen molar-refractivity contribution < 1.29 is 4.74 Å². The fraction of sp³-hybridized carbons (Fsp3) is 0.333. The number of hydrogen-bond donors (Lipinski definition) is 1. The molecule has 2 heteroatoms. The van der Waals surface area contributed by atoms with E-state index in [-0.39, 0.29) is 6.04 Å². The van der Waals surface area contributed by atoms with E-state index in [0.29, 0.717) is 6.61 Å². The molecule has 106 valence electrons. The quantitative estimate of drug-likeness (QED) is 0.864. The van der Waals surface area contributed by atoms with Crippen LogP contribution < -0.4 is 10.5 Å². The number of hydrogen-bond acceptors (Lipinski definition) is 2. The molecule has 2 nitrogen and oxygen atoms in total. The predicted molar refractivity (Wildman–Crippen MR) is 83.9 cm³/mol. The van der Waals surface area contributed by atoms with E-state index >= 15 is 0 Å². The van der Waals surface area contributed by atoms with Gasteiger partial charge in [0.1, 0.15) is 12.4 Å². The molecule has 0 heterocycles. The Kier molecular flexibility index (Phi) is 5.19. The Bertz CT molecular complexity index is 536. The van der Waals surface area contributed by atoms with E-state index in [2.05, 4.69) is 44.2 Å². The van der Waals surface area contributed by atoms with Crippen LogP contribution in [0.25, 0.3) is 0 Å². The molecule has 0 fully saturated rings. The molecule has 0 aliphatic carbocycles. The molecule has 0 amide bonds. The zero-order valence-electron chi connectivity index (χ0n) is 12.3. The van der Waals surface area contributed by atoms with Gasteiger partial charge in [0.05, 0.1) is 0 Å². The lowest BCUT2D eigenvalue weighted by molar-refractivity contribution is 0.303. The normalized spacial score (nSPS) is 12.2. The number of aryl methyl sites for hydroxylation is 1. The Morgan fingerprint density at radius 2 is 1.80 bits per heavy atom. The molecule has 0 radical (unpaired) electrons. The Morgan fingerprint density at radius 1 is 1.05 bits per heavy atom. The molecule has 0 spiro atoms. The van der Waals surface area contributed by atoms with Gasteiger partial charge in [-0.25, -0.2) is 0 Å². The van der Waals surface area contributed by atoms with Crippen LogP contribution in [0.15, 0.2) is 48.5 Å². The first-order valence-electron chi connectivity index (χ1n) is 7.21. The minimum atomic E-state index is 0.222. The van der Waals surface area contributed by atoms with Crippen LogP contribution in [-0.4, -0.2) is 6.04 Å². The second-order valence-electron chi connectivity index (χ2n) is 5.25. The van der Waals surface area contributed by atoms with Crippen LogP contribution in [-0.2, 0) is 13.0 Å². The molecule has 0 aromatic heterocycles. The lowest BCUT2D eigenvalue weighted by atomic mass is 10.0. The SMILES string of the molecule is CC[C@H](N)Cc1ccc(C)c(OCc2ccccc2)c1. The van der Waals surface area contributed by atoms with Crippen LogP contribution in [0.4, 0.5) is 0 Å². The van der Waals surface area contributed by atoms with Gasteiger partial charge in [-0.05, 0) is 42.5 Å². The topological polar surface area (TPSA) is 35.2 Å². The maximum atomic E-state index is 6.02. The molecule has 2 rings (SSSR count). The average Bonchev–Trinajstić information content (AvgIpc) is 2.48. The lowest BCUT2D eigenvalue weighted by Crippen LogP contribution is -2.21. The highest BCUT2D eigenvalue weighted by atomic mass is 16.5. The molecule has 0 unspecified atom stereocenters. The fourth-order valence-corrected chi connectivity index (χ4v) is 2.11. The molecule has 2 N–H and O–H groups in total. The summed E-state index contributed by atoms with van der Waals surface area (Å²) in [5.41, 5.74) is 9.61. The number of rotatable bonds is 6. The highest BCUT2D eigenvalue weighted by Gasteiger charge is 2.05. The van der Waals surface area contributed by atoms with Gasteiger partial charge in [0.2, 0.25) is 0 Å². The van der Waals surface area contributed by atoms with Crippen molar-refractivity contribution >= 4 is 0 Å². The smallest absolute Gasteiger partial charge is 0.122 e. The van der Waals surface area contributed by atoms with Crippen molar-refractivity contribution in [2.45, 2.75) is 39.3 Å². The summed E-state index contributed by atoms with van der Waals surface area (Å²) >= 11 is 0. The monoisotopic (exact) mass is 269 g/mol. The third-order valence-corrected chi connectivity index (χ3v) is 3.51. The van der Waals surface area contributed by atoms with Crippen molar-refractivity contribution in [2.75, 3.05) is 0 Å². The molecule has 20 heavy (non-hydrogen) atoms. The predicted octanol–water partition coefficient (Wildman–Crippen LogP) is 3.85. The van der Waals surface area contributed by atoms with E-state index in [1.165, 1.54) is 11.1 Å². The summed E-state index contributed by atoms with van der Waals surface area (Å²) in [6, 6.07) is 16.8. The van der Waals surface area contributed by atoms with Gasteiger partial charge in [-0.3, -0.25) is 0 Å². The first-order valence-corrected chi connectivity index (χ1v) is 7.21. The first-order chi connectivity index (χ1) is 9.69. The van der Waals surface area contributed by atoms with Crippen molar-refractivity contribution in [2.24, 2.45) is 5.73 Å². The van der Waals surface area contributed by atoms with Gasteiger partial charge in [-0.1, -0.05) is 49.4 Å². The summed E-state index contributed by atoms with van der Waals surface area (Å²) < 4.78 is 5.94. The van der Waals surface area contributed by atoms with E-state index in [1.54, 1.807) is 0 Å². The van der Waals surface area contributed by atoms with Crippen molar-refractivity contribution in [3.05, 3.63) is 65.2 Å². The summed E-state index contributed by atoms with van der Waals surface area (Å²) in [6.45, 7) is 4.79. The molecular weight excluding hydrogens is 246 g/mol. The van der Waals surface area contributed by atoms with E-state index in [4.69, 9.17) is 10.5 Å². The van der Waals surface area contributed by atoms with E-state index < -0.39 is 0 Å². The van der Waals surface area contributed by atoms with Gasteiger partial charge in [0, 0.05) is 6.04 Å². The summed E-state index contributed by atoms with van der Waals surface area (Å²) in [5, 5.41) is 0. The molecule has 0 aliphatic heterocycles. The highest BCUT2D eigenvalue weighted by molar-refractivity contribution is 5.37. The van der Waals surface area contributed by atoms with E-state index in [9.17, 15) is 0 Å². The van der Waals surface area contributed by atoms with Gasteiger partial charge in [0.15, 0.2) is 0 Å². The van der Waals surface area contributed by atoms with Gasteiger partial charge < -0.3 is 10.5 Å². The molecule has 0 saturated carbocycles. The van der Waals surface area contributed by atoms with Crippen LogP contribution in [0.1, 0.15) is 30.0 Å². The number of nitrogens with two attached hydrogens (primary N) is 1. The average molecular weight is 269 g/mol. The molecule has 1 atom stereocenters. The Hall–Kier alpha value is -1.80. The zero-order valence-corrected chi connectivity index (χ0v) is 12.3. The second kappa shape index (κ2) is 7.11. The van der Waals surface area contributed by atoms with E-state index in [1.807, 2.05) is 18.2 Å². The van der Waals surface area contributed by atoms with Crippen LogP contribution in [0.2, 0.25) is 0 Å². The van der Waals surface area contributed by atoms with Crippen molar-refractivity contribution in [1.82, 2.24) is 0 Å². The molecule has 2 aromatic carbocycles. The Morgan fingerprint density at radius 3 is 2.50 bits per heavy atom. The van der Waals surface area contributed by atoms with Crippen molar-refractivity contribution in [3.63, 3.8) is 0 Å². The molecule has 0 aliphatic rings. The second-order valence-corrected chi connectivity index (χ2v) is 5.25. The van der Waals surface area contributed by atoms with Gasteiger partial charge >= 0.3 is 0 Å². The maximum absolute atomic E-state index is 6.02. The van der Waals surface area contributed by atoms with Gasteiger partial charge in [-0.15, -0.1) is 0 Å². The minimum Gasteiger partial charge on any atom is -0.489 e. The molecule has 2 aromatic rings. The Labute approximate surface area is 121 Å². The molecule has 0 saturated heterocycles. The molecular formula is C18H23NO. The third kappa shape index (κ3) is 4.10. The summed E-state index contributed by atoms with van der Waals surface area (Å²) in [4.78, 5) is 0. The van der Waals surface area contributed by atoms with Crippen LogP contribution in [0, 0.1) is 6.92 Å². The lowest BCUT2D eigenvalue weighted by Gasteiger charge is -2.13. The summed E-state index contributed by atoms with van der Waals surface area (Å²) in [6.07, 6.45) is 1.90. The van der Waals surface area contributed by atoms with Crippen LogP contribution in [0.3, 0.4) is 0 Å². The number of ether oxygens (including phenoxy) is 1. The number of benzene rings is 2. The van der Waals surface area contributed by atoms with Crippen LogP contribution in [0.5, 0.6) is 5.75 Å². The maximum Gasteiger partial charge on any atom is 0.122 e. The summed E-state index contributed by atoms with van der Waals surface area (Å²) in [5.74, 6) is 0.953.